The monoisotopic (exact) mass is 287 g/mol. The number of aromatic hydroxyl groups is 2. The fourth-order valence-electron chi connectivity index (χ4n) is 2.10. The van der Waals surface area contributed by atoms with Crippen LogP contribution < -0.4 is 5.43 Å². The van der Waals surface area contributed by atoms with Crippen LogP contribution in [0, 0.1) is 0 Å². The second-order valence-electron chi connectivity index (χ2n) is 4.41. The summed E-state index contributed by atoms with van der Waals surface area (Å²) in [4.78, 5) is 15.1. The summed E-state index contributed by atoms with van der Waals surface area (Å²) in [6.45, 7) is 0. The molecule has 0 atom stereocenters. The fourth-order valence-corrected chi connectivity index (χ4v) is 2.34. The highest BCUT2D eigenvalue weighted by molar-refractivity contribution is 6.33. The van der Waals surface area contributed by atoms with E-state index < -0.39 is 0 Å². The molecule has 0 bridgehead atoms. The smallest absolute Gasteiger partial charge is 0.190 e. The molecule has 0 spiro atoms. The quantitative estimate of drug-likeness (QED) is 0.602. The van der Waals surface area contributed by atoms with Gasteiger partial charge in [-0.1, -0.05) is 29.8 Å². The predicted octanol–water partition coefficient (Wildman–Crippen LogP) is 3.26. The third kappa shape index (κ3) is 2.00. The number of benzene rings is 2. The highest BCUT2D eigenvalue weighted by atomic mass is 35.5. The summed E-state index contributed by atoms with van der Waals surface area (Å²) in [5.41, 5.74) is 1.42. The normalized spacial score (nSPS) is 10.8. The standard InChI is InChI=1S/C15H10ClNO3/c16-10-4-2-1-3-8(10)11-6-13(18)9-5-14(19)15(20)7-12(9)17-11/h1-7,19-20H,(H,17,18). The molecule has 0 amide bonds. The van der Waals surface area contributed by atoms with Gasteiger partial charge >= 0.3 is 0 Å². The Balaban J connectivity index is 2.33. The van der Waals surface area contributed by atoms with E-state index in [-0.39, 0.29) is 16.9 Å². The van der Waals surface area contributed by atoms with E-state index in [1.165, 1.54) is 18.2 Å². The SMILES string of the molecule is O=c1cc(-c2ccccc2Cl)[nH]c2cc(O)c(O)cc12. The van der Waals surface area contributed by atoms with Gasteiger partial charge in [-0.15, -0.1) is 0 Å². The number of fused-ring (bicyclic) bond motifs is 1. The van der Waals surface area contributed by atoms with Crippen molar-refractivity contribution in [2.75, 3.05) is 0 Å². The zero-order valence-electron chi connectivity index (χ0n) is 10.2. The van der Waals surface area contributed by atoms with E-state index in [1.807, 2.05) is 6.07 Å². The predicted molar refractivity (Wildman–Crippen MR) is 78.3 cm³/mol. The maximum atomic E-state index is 12.1. The number of rotatable bonds is 1. The van der Waals surface area contributed by atoms with Gasteiger partial charge in [-0.05, 0) is 12.1 Å². The Morgan fingerprint density at radius 3 is 2.45 bits per heavy atom. The summed E-state index contributed by atoms with van der Waals surface area (Å²) in [5.74, 6) is -0.613. The van der Waals surface area contributed by atoms with Crippen LogP contribution in [-0.2, 0) is 0 Å². The van der Waals surface area contributed by atoms with Gasteiger partial charge in [0.2, 0.25) is 0 Å². The minimum Gasteiger partial charge on any atom is -0.504 e. The number of halogens is 1. The third-order valence-corrected chi connectivity index (χ3v) is 3.42. The van der Waals surface area contributed by atoms with Crippen LogP contribution in [0.1, 0.15) is 0 Å². The summed E-state index contributed by atoms with van der Waals surface area (Å²) in [7, 11) is 0. The average Bonchev–Trinajstić information content (AvgIpc) is 2.41. The molecule has 20 heavy (non-hydrogen) atoms. The van der Waals surface area contributed by atoms with Crippen molar-refractivity contribution in [3.8, 4) is 22.8 Å². The van der Waals surface area contributed by atoms with E-state index in [0.717, 1.165) is 0 Å². The fraction of sp³-hybridized carbons (Fsp3) is 0. The van der Waals surface area contributed by atoms with Crippen LogP contribution in [-0.4, -0.2) is 15.2 Å². The van der Waals surface area contributed by atoms with Crippen LogP contribution in [0.2, 0.25) is 5.02 Å². The van der Waals surface area contributed by atoms with Crippen molar-refractivity contribution in [1.82, 2.24) is 4.98 Å². The Bertz CT molecular complexity index is 871. The molecule has 0 unspecified atom stereocenters. The maximum Gasteiger partial charge on any atom is 0.190 e. The van der Waals surface area contributed by atoms with E-state index in [0.29, 0.717) is 27.2 Å². The first-order chi connectivity index (χ1) is 9.56. The highest BCUT2D eigenvalue weighted by Gasteiger charge is 2.09. The zero-order chi connectivity index (χ0) is 14.3. The second kappa shape index (κ2) is 4.58. The van der Waals surface area contributed by atoms with Gasteiger partial charge in [0.1, 0.15) is 0 Å². The van der Waals surface area contributed by atoms with Gasteiger partial charge in [0, 0.05) is 28.1 Å². The zero-order valence-corrected chi connectivity index (χ0v) is 11.0. The molecule has 0 aliphatic rings. The molecule has 0 aliphatic heterocycles. The Hall–Kier alpha value is -2.46. The maximum absolute atomic E-state index is 12.1. The van der Waals surface area contributed by atoms with Crippen molar-refractivity contribution in [3.63, 3.8) is 0 Å². The number of hydrogen-bond acceptors (Lipinski definition) is 3. The molecule has 3 N–H and O–H groups in total. The van der Waals surface area contributed by atoms with E-state index in [2.05, 4.69) is 4.98 Å². The van der Waals surface area contributed by atoms with Crippen LogP contribution in [0.25, 0.3) is 22.2 Å². The number of hydrogen-bond donors (Lipinski definition) is 3. The van der Waals surface area contributed by atoms with Crippen LogP contribution in [0.4, 0.5) is 0 Å². The summed E-state index contributed by atoms with van der Waals surface area (Å²) in [5, 5.41) is 19.8. The second-order valence-corrected chi connectivity index (χ2v) is 4.82. The van der Waals surface area contributed by atoms with E-state index in [9.17, 15) is 15.0 Å². The molecule has 1 heterocycles. The molecule has 3 rings (SSSR count). The van der Waals surface area contributed by atoms with Crippen LogP contribution >= 0.6 is 11.6 Å². The lowest BCUT2D eigenvalue weighted by Crippen LogP contribution is -2.03. The van der Waals surface area contributed by atoms with Gasteiger partial charge < -0.3 is 15.2 Å². The highest BCUT2D eigenvalue weighted by Crippen LogP contribution is 2.30. The van der Waals surface area contributed by atoms with Crippen molar-refractivity contribution < 1.29 is 10.2 Å². The summed E-state index contributed by atoms with van der Waals surface area (Å²) >= 11 is 6.11. The molecule has 0 saturated heterocycles. The minimum absolute atomic E-state index is 0.260. The molecule has 0 aliphatic carbocycles. The van der Waals surface area contributed by atoms with Gasteiger partial charge in [0.05, 0.1) is 11.2 Å². The summed E-state index contributed by atoms with van der Waals surface area (Å²) < 4.78 is 0. The van der Waals surface area contributed by atoms with Crippen LogP contribution in [0.5, 0.6) is 11.5 Å². The van der Waals surface area contributed by atoms with Gasteiger partial charge in [0.15, 0.2) is 16.9 Å². The first-order valence-electron chi connectivity index (χ1n) is 5.90. The molecule has 5 heteroatoms. The number of phenolic OH excluding ortho intramolecular Hbond substituents is 2. The number of aromatic amines is 1. The van der Waals surface area contributed by atoms with Crippen molar-refractivity contribution in [2.24, 2.45) is 0 Å². The third-order valence-electron chi connectivity index (χ3n) is 3.09. The number of phenols is 2. The van der Waals surface area contributed by atoms with E-state index >= 15 is 0 Å². The van der Waals surface area contributed by atoms with Crippen molar-refractivity contribution in [2.45, 2.75) is 0 Å². The molecule has 100 valence electrons. The summed E-state index contributed by atoms with van der Waals surface area (Å²) in [6.07, 6.45) is 0. The molecule has 1 aromatic heterocycles. The Morgan fingerprint density at radius 1 is 1.00 bits per heavy atom. The molecule has 0 radical (unpaired) electrons. The van der Waals surface area contributed by atoms with E-state index in [1.54, 1.807) is 18.2 Å². The Labute approximate surface area is 118 Å². The molecular formula is C15H10ClNO3. The summed E-state index contributed by atoms with van der Waals surface area (Å²) in [6, 6.07) is 11.1. The Morgan fingerprint density at radius 2 is 1.70 bits per heavy atom. The number of H-pyrrole nitrogens is 1. The number of pyridine rings is 1. The van der Waals surface area contributed by atoms with Gasteiger partial charge in [0.25, 0.3) is 0 Å². The molecular weight excluding hydrogens is 278 g/mol. The van der Waals surface area contributed by atoms with Crippen molar-refractivity contribution in [1.29, 1.82) is 0 Å². The van der Waals surface area contributed by atoms with E-state index in [4.69, 9.17) is 11.6 Å². The number of nitrogens with one attached hydrogen (secondary N) is 1. The van der Waals surface area contributed by atoms with Gasteiger partial charge in [-0.3, -0.25) is 4.79 Å². The topological polar surface area (TPSA) is 73.3 Å². The molecule has 2 aromatic carbocycles. The van der Waals surface area contributed by atoms with Gasteiger partial charge in [-0.2, -0.15) is 0 Å². The Kier molecular flexibility index (Phi) is 2.88. The van der Waals surface area contributed by atoms with Crippen LogP contribution in [0.3, 0.4) is 0 Å². The lowest BCUT2D eigenvalue weighted by Gasteiger charge is -2.07. The first kappa shape index (κ1) is 12.6. The largest absolute Gasteiger partial charge is 0.504 e. The molecule has 4 nitrogen and oxygen atoms in total. The minimum atomic E-state index is -0.325. The van der Waals surface area contributed by atoms with Crippen LogP contribution in [0.15, 0.2) is 47.3 Å². The lowest BCUT2D eigenvalue weighted by molar-refractivity contribution is 0.405. The van der Waals surface area contributed by atoms with Gasteiger partial charge in [-0.25, -0.2) is 0 Å². The molecule has 0 fully saturated rings. The molecule has 3 aromatic rings. The molecule has 0 saturated carbocycles. The lowest BCUT2D eigenvalue weighted by atomic mass is 10.1. The van der Waals surface area contributed by atoms with Crippen molar-refractivity contribution >= 4 is 22.5 Å². The number of aromatic nitrogens is 1. The van der Waals surface area contributed by atoms with Crippen molar-refractivity contribution in [3.05, 3.63) is 57.7 Å². The average molecular weight is 288 g/mol. The first-order valence-corrected chi connectivity index (χ1v) is 6.28.